The molecule has 0 aliphatic heterocycles. The average Bonchev–Trinajstić information content (AvgIpc) is 2.64. The van der Waals surface area contributed by atoms with E-state index in [2.05, 4.69) is 12.1 Å². The number of aromatic hydroxyl groups is 1. The van der Waals surface area contributed by atoms with Gasteiger partial charge in [0.2, 0.25) is 0 Å². The van der Waals surface area contributed by atoms with Crippen molar-refractivity contribution >= 4 is 17.4 Å². The fourth-order valence-electron chi connectivity index (χ4n) is 4.00. The first-order valence-electron chi connectivity index (χ1n) is 8.78. The molecule has 3 atom stereocenters. The molecule has 2 nitrogen and oxygen atoms in total. The molecule has 0 heterocycles. The molecule has 1 aliphatic rings. The molecule has 3 aromatic carbocycles. The van der Waals surface area contributed by atoms with Crippen molar-refractivity contribution in [1.29, 1.82) is 0 Å². The first-order chi connectivity index (χ1) is 12.6. The lowest BCUT2D eigenvalue weighted by molar-refractivity contribution is 0.0778. The zero-order valence-electron chi connectivity index (χ0n) is 14.2. The maximum Gasteiger partial charge on any atom is 0.170 e. The Bertz CT molecular complexity index is 918. The number of hydrogen-bond donors (Lipinski definition) is 1. The van der Waals surface area contributed by atoms with Crippen LogP contribution in [-0.4, -0.2) is 10.9 Å². The number of carbonyl (C=O) groups is 1. The maximum atomic E-state index is 13.1. The minimum atomic E-state index is -0.133. The van der Waals surface area contributed by atoms with Gasteiger partial charge in [0, 0.05) is 16.9 Å². The Balaban J connectivity index is 1.69. The molecule has 0 radical (unpaired) electrons. The molecule has 0 saturated heterocycles. The van der Waals surface area contributed by atoms with Crippen molar-refractivity contribution in [3.8, 4) is 5.75 Å². The molecule has 4 rings (SSSR count). The predicted molar refractivity (Wildman–Crippen MR) is 104 cm³/mol. The van der Waals surface area contributed by atoms with Crippen molar-refractivity contribution in [3.05, 3.63) is 101 Å². The molecule has 1 aliphatic carbocycles. The zero-order valence-corrected chi connectivity index (χ0v) is 14.9. The Labute approximate surface area is 158 Å². The smallest absolute Gasteiger partial charge is 0.170 e. The Kier molecular flexibility index (Phi) is 4.52. The Hall–Kier alpha value is -2.58. The Morgan fingerprint density at radius 2 is 1.50 bits per heavy atom. The van der Waals surface area contributed by atoms with Crippen molar-refractivity contribution in [2.45, 2.75) is 18.3 Å². The average molecular weight is 363 g/mol. The number of phenols is 1. The summed E-state index contributed by atoms with van der Waals surface area (Å²) in [6, 6.07) is 24.9. The largest absolute Gasteiger partial charge is 0.507 e. The molecule has 0 amide bonds. The van der Waals surface area contributed by atoms with Crippen LogP contribution in [0, 0.1) is 5.92 Å². The molecule has 3 aromatic rings. The van der Waals surface area contributed by atoms with E-state index in [-0.39, 0.29) is 29.3 Å². The summed E-state index contributed by atoms with van der Waals surface area (Å²) in [7, 11) is 0. The number of hydrogen-bond acceptors (Lipinski definition) is 2. The van der Waals surface area contributed by atoms with E-state index in [0.717, 1.165) is 12.0 Å². The molecule has 1 unspecified atom stereocenters. The number of para-hydroxylation sites is 1. The van der Waals surface area contributed by atoms with Crippen molar-refractivity contribution in [1.82, 2.24) is 0 Å². The maximum absolute atomic E-state index is 13.1. The lowest BCUT2D eigenvalue weighted by atomic mass is 9.57. The first kappa shape index (κ1) is 16.9. The minimum Gasteiger partial charge on any atom is -0.507 e. The highest BCUT2D eigenvalue weighted by atomic mass is 35.5. The van der Waals surface area contributed by atoms with Gasteiger partial charge in [-0.05, 0) is 47.7 Å². The zero-order chi connectivity index (χ0) is 18.1. The SMILES string of the molecule is O=C(c1ccccc1O)C1C[C@H](c2ccc(Cl)cc2)[C@H]1c1ccccc1. The number of benzene rings is 3. The highest BCUT2D eigenvalue weighted by Gasteiger charge is 2.46. The summed E-state index contributed by atoms with van der Waals surface area (Å²) in [6.07, 6.45) is 0.772. The summed E-state index contributed by atoms with van der Waals surface area (Å²) in [5.41, 5.74) is 2.77. The Morgan fingerprint density at radius 1 is 0.846 bits per heavy atom. The number of halogens is 1. The fourth-order valence-corrected chi connectivity index (χ4v) is 4.12. The summed E-state index contributed by atoms with van der Waals surface area (Å²) in [5.74, 6) is 0.312. The van der Waals surface area contributed by atoms with Crippen LogP contribution in [0.15, 0.2) is 78.9 Å². The van der Waals surface area contributed by atoms with E-state index in [1.54, 1.807) is 24.3 Å². The van der Waals surface area contributed by atoms with Crippen LogP contribution >= 0.6 is 11.6 Å². The third-order valence-electron chi connectivity index (χ3n) is 5.36. The minimum absolute atomic E-state index is 0.0159. The van der Waals surface area contributed by atoms with Gasteiger partial charge in [-0.1, -0.05) is 66.2 Å². The summed E-state index contributed by atoms with van der Waals surface area (Å²) in [6.45, 7) is 0. The van der Waals surface area contributed by atoms with E-state index in [1.807, 2.05) is 42.5 Å². The number of phenolic OH excluding ortho intramolecular Hbond substituents is 1. The molecule has 130 valence electrons. The molecule has 1 saturated carbocycles. The van der Waals surface area contributed by atoms with E-state index >= 15 is 0 Å². The number of ketones is 1. The second-order valence-corrected chi connectivity index (χ2v) is 7.25. The van der Waals surface area contributed by atoms with Gasteiger partial charge in [0.25, 0.3) is 0 Å². The third kappa shape index (κ3) is 3.02. The van der Waals surface area contributed by atoms with Gasteiger partial charge in [0.1, 0.15) is 5.75 Å². The van der Waals surface area contributed by atoms with Crippen LogP contribution in [0.3, 0.4) is 0 Å². The van der Waals surface area contributed by atoms with Crippen LogP contribution < -0.4 is 0 Å². The van der Waals surface area contributed by atoms with E-state index in [9.17, 15) is 9.90 Å². The topological polar surface area (TPSA) is 37.3 Å². The first-order valence-corrected chi connectivity index (χ1v) is 9.15. The molecule has 0 spiro atoms. The van der Waals surface area contributed by atoms with Crippen LogP contribution in [0.4, 0.5) is 0 Å². The van der Waals surface area contributed by atoms with Crippen molar-refractivity contribution < 1.29 is 9.90 Å². The fraction of sp³-hybridized carbons (Fsp3) is 0.174. The second-order valence-electron chi connectivity index (χ2n) is 6.82. The highest BCUT2D eigenvalue weighted by molar-refractivity contribution is 6.30. The van der Waals surface area contributed by atoms with Gasteiger partial charge in [-0.25, -0.2) is 0 Å². The van der Waals surface area contributed by atoms with Crippen LogP contribution in [0.5, 0.6) is 5.75 Å². The molecule has 3 heteroatoms. The van der Waals surface area contributed by atoms with E-state index < -0.39 is 0 Å². The molecular formula is C23H19ClO2. The monoisotopic (exact) mass is 362 g/mol. The third-order valence-corrected chi connectivity index (χ3v) is 5.62. The lowest BCUT2D eigenvalue weighted by Crippen LogP contribution is -2.38. The molecule has 1 fully saturated rings. The molecule has 26 heavy (non-hydrogen) atoms. The van der Waals surface area contributed by atoms with Crippen LogP contribution in [0.25, 0.3) is 0 Å². The standard InChI is InChI=1S/C23H19ClO2/c24-17-12-10-15(11-13-17)19-14-20(22(19)16-6-2-1-3-7-16)23(26)18-8-4-5-9-21(18)25/h1-13,19-20,22,25H,14H2/t19-,20?,22-/m1/s1. The summed E-state index contributed by atoms with van der Waals surface area (Å²) < 4.78 is 0. The normalized spacial score (nSPS) is 21.8. The van der Waals surface area contributed by atoms with Gasteiger partial charge < -0.3 is 5.11 Å². The van der Waals surface area contributed by atoms with Gasteiger partial charge in [0.05, 0.1) is 5.56 Å². The van der Waals surface area contributed by atoms with Gasteiger partial charge in [-0.15, -0.1) is 0 Å². The molecule has 1 N–H and O–H groups in total. The van der Waals surface area contributed by atoms with Crippen molar-refractivity contribution in [2.24, 2.45) is 5.92 Å². The van der Waals surface area contributed by atoms with Crippen molar-refractivity contribution in [3.63, 3.8) is 0 Å². The van der Waals surface area contributed by atoms with Gasteiger partial charge in [0.15, 0.2) is 5.78 Å². The predicted octanol–water partition coefficient (Wildman–Crippen LogP) is 5.82. The number of Topliss-reactive ketones (excluding diaryl/α,β-unsaturated/α-hetero) is 1. The van der Waals surface area contributed by atoms with Gasteiger partial charge >= 0.3 is 0 Å². The number of rotatable bonds is 4. The molecule has 0 aromatic heterocycles. The van der Waals surface area contributed by atoms with E-state index in [0.29, 0.717) is 10.6 Å². The van der Waals surface area contributed by atoms with Gasteiger partial charge in [-0.3, -0.25) is 4.79 Å². The van der Waals surface area contributed by atoms with Crippen LogP contribution in [0.2, 0.25) is 5.02 Å². The Morgan fingerprint density at radius 3 is 2.19 bits per heavy atom. The molecular weight excluding hydrogens is 344 g/mol. The highest BCUT2D eigenvalue weighted by Crippen LogP contribution is 2.54. The summed E-state index contributed by atoms with van der Waals surface area (Å²) in [5, 5.41) is 10.8. The van der Waals surface area contributed by atoms with Crippen LogP contribution in [0.1, 0.15) is 39.7 Å². The lowest BCUT2D eigenvalue weighted by Gasteiger charge is -2.45. The van der Waals surface area contributed by atoms with E-state index in [1.165, 1.54) is 5.56 Å². The summed E-state index contributed by atoms with van der Waals surface area (Å²) in [4.78, 5) is 13.1. The van der Waals surface area contributed by atoms with Gasteiger partial charge in [-0.2, -0.15) is 0 Å². The molecule has 0 bridgehead atoms. The van der Waals surface area contributed by atoms with Crippen molar-refractivity contribution in [2.75, 3.05) is 0 Å². The van der Waals surface area contributed by atoms with E-state index in [4.69, 9.17) is 11.6 Å². The quantitative estimate of drug-likeness (QED) is 0.594. The van der Waals surface area contributed by atoms with Crippen LogP contribution in [-0.2, 0) is 0 Å². The summed E-state index contributed by atoms with van der Waals surface area (Å²) >= 11 is 6.03. The second kappa shape index (κ2) is 6.97. The number of carbonyl (C=O) groups excluding carboxylic acids is 1.